The molecule has 21 heavy (non-hydrogen) atoms. The molecule has 0 N–H and O–H groups in total. The first kappa shape index (κ1) is 17.3. The van der Waals surface area contributed by atoms with Gasteiger partial charge in [0.1, 0.15) is 6.61 Å². The number of nitrogens with zero attached hydrogens (tertiary/aromatic N) is 1. The molecule has 1 amide bonds. The number of amides is 1. The van der Waals surface area contributed by atoms with Crippen LogP contribution in [0.5, 0.6) is 0 Å². The van der Waals surface area contributed by atoms with Gasteiger partial charge in [-0.2, -0.15) is 0 Å². The maximum atomic E-state index is 12.0. The molecule has 0 aromatic carbocycles. The zero-order chi connectivity index (χ0) is 15.8. The molecule has 1 saturated heterocycles. The zero-order valence-corrected chi connectivity index (χ0v) is 13.3. The van der Waals surface area contributed by atoms with Crippen LogP contribution in [0.25, 0.3) is 0 Å². The molecule has 1 aliphatic heterocycles. The van der Waals surface area contributed by atoms with Gasteiger partial charge in [-0.05, 0) is 40.5 Å². The smallest absolute Gasteiger partial charge is 0.410 e. The topological polar surface area (TPSA) is 55.8 Å². The monoisotopic (exact) mass is 295 g/mol. The van der Waals surface area contributed by atoms with Crippen molar-refractivity contribution < 1.29 is 19.1 Å². The summed E-state index contributed by atoms with van der Waals surface area (Å²) >= 11 is 0. The van der Waals surface area contributed by atoms with Gasteiger partial charge in [-0.25, -0.2) is 9.59 Å². The fourth-order valence-electron chi connectivity index (χ4n) is 1.99. The highest BCUT2D eigenvalue weighted by Gasteiger charge is 2.38. The van der Waals surface area contributed by atoms with Crippen LogP contribution in [-0.2, 0) is 14.3 Å². The molecule has 0 saturated carbocycles. The molecule has 0 radical (unpaired) electrons. The van der Waals surface area contributed by atoms with Gasteiger partial charge < -0.3 is 9.47 Å². The molecule has 1 rings (SSSR count). The van der Waals surface area contributed by atoms with Gasteiger partial charge in [-0.1, -0.05) is 23.3 Å². The van der Waals surface area contributed by atoms with Crippen molar-refractivity contribution in [2.45, 2.75) is 46.6 Å². The minimum Gasteiger partial charge on any atom is -0.464 e. The van der Waals surface area contributed by atoms with E-state index >= 15 is 0 Å². The van der Waals surface area contributed by atoms with Gasteiger partial charge in [0.25, 0.3) is 0 Å². The molecule has 1 atom stereocenters. The van der Waals surface area contributed by atoms with Crippen molar-refractivity contribution in [3.8, 4) is 0 Å². The molecule has 0 unspecified atom stereocenters. The lowest BCUT2D eigenvalue weighted by molar-refractivity contribution is -0.148. The third-order valence-corrected chi connectivity index (χ3v) is 3.08. The first-order valence-electron chi connectivity index (χ1n) is 7.28. The normalized spacial score (nSPS) is 17.2. The quantitative estimate of drug-likeness (QED) is 0.411. The summed E-state index contributed by atoms with van der Waals surface area (Å²) in [6.07, 6.45) is 4.99. The summed E-state index contributed by atoms with van der Waals surface area (Å²) in [6.45, 7) is 8.87. The van der Waals surface area contributed by atoms with Crippen molar-refractivity contribution in [1.29, 1.82) is 0 Å². The Hall–Kier alpha value is -1.78. The minimum atomic E-state index is -0.616. The molecule has 5 heteroatoms. The van der Waals surface area contributed by atoms with Crippen LogP contribution in [0.3, 0.4) is 0 Å². The number of carbonyl (C=O) groups is 2. The van der Waals surface area contributed by atoms with Crippen LogP contribution in [0.15, 0.2) is 23.3 Å². The fraction of sp³-hybridized carbons (Fsp3) is 0.625. The molecule has 0 aromatic rings. The van der Waals surface area contributed by atoms with Gasteiger partial charge in [0.15, 0.2) is 6.04 Å². The molecule has 0 aliphatic carbocycles. The number of rotatable bonds is 7. The summed E-state index contributed by atoms with van der Waals surface area (Å²) < 4.78 is 10.2. The molecule has 1 fully saturated rings. The van der Waals surface area contributed by atoms with Crippen LogP contribution in [0.1, 0.15) is 40.5 Å². The Kier molecular flexibility index (Phi) is 6.99. The van der Waals surface area contributed by atoms with Crippen LogP contribution >= 0.6 is 0 Å². The first-order valence-corrected chi connectivity index (χ1v) is 7.28. The van der Waals surface area contributed by atoms with Gasteiger partial charge in [0.05, 0.1) is 6.61 Å². The third-order valence-electron chi connectivity index (χ3n) is 3.08. The number of allylic oxidation sites excluding steroid dienone is 2. The summed E-state index contributed by atoms with van der Waals surface area (Å²) in [5.41, 5.74) is 2.37. The molecule has 118 valence electrons. The van der Waals surface area contributed by atoms with Crippen LogP contribution in [0.4, 0.5) is 4.79 Å². The molecule has 0 spiro atoms. The van der Waals surface area contributed by atoms with Gasteiger partial charge in [-0.15, -0.1) is 0 Å². The minimum absolute atomic E-state index is 0.0785. The van der Waals surface area contributed by atoms with E-state index in [0.29, 0.717) is 26.0 Å². The Bertz CT molecular complexity index is 432. The molecule has 5 nitrogen and oxygen atoms in total. The van der Waals surface area contributed by atoms with Crippen molar-refractivity contribution in [3.63, 3.8) is 0 Å². The Morgan fingerprint density at radius 2 is 1.86 bits per heavy atom. The van der Waals surface area contributed by atoms with Crippen molar-refractivity contribution in [1.82, 2.24) is 4.90 Å². The predicted molar refractivity (Wildman–Crippen MR) is 80.9 cm³/mol. The number of esters is 1. The molecule has 1 aliphatic rings. The summed E-state index contributed by atoms with van der Waals surface area (Å²) in [6, 6.07) is -0.616. The highest BCUT2D eigenvalue weighted by Crippen LogP contribution is 2.15. The molecule has 1 heterocycles. The second-order valence-corrected chi connectivity index (χ2v) is 5.59. The van der Waals surface area contributed by atoms with E-state index < -0.39 is 12.1 Å². The van der Waals surface area contributed by atoms with Crippen molar-refractivity contribution in [3.05, 3.63) is 23.3 Å². The molecule has 0 aromatic heterocycles. The molecular weight excluding hydrogens is 270 g/mol. The van der Waals surface area contributed by atoms with Crippen LogP contribution in [0, 0.1) is 0 Å². The van der Waals surface area contributed by atoms with E-state index in [2.05, 4.69) is 0 Å². The summed E-state index contributed by atoms with van der Waals surface area (Å²) in [5.74, 6) is -0.389. The van der Waals surface area contributed by atoms with Gasteiger partial charge >= 0.3 is 12.1 Å². The van der Waals surface area contributed by atoms with E-state index in [4.69, 9.17) is 9.47 Å². The highest BCUT2D eigenvalue weighted by atomic mass is 16.6. The van der Waals surface area contributed by atoms with E-state index in [1.165, 1.54) is 16.0 Å². The number of ether oxygens (including phenoxy) is 2. The number of cyclic esters (lactones) is 1. The van der Waals surface area contributed by atoms with E-state index in [1.54, 1.807) is 0 Å². The van der Waals surface area contributed by atoms with Crippen molar-refractivity contribution in [2.24, 2.45) is 0 Å². The van der Waals surface area contributed by atoms with Crippen LogP contribution in [0.2, 0.25) is 0 Å². The Morgan fingerprint density at radius 1 is 1.24 bits per heavy atom. The maximum absolute atomic E-state index is 12.0. The first-order chi connectivity index (χ1) is 9.91. The largest absolute Gasteiger partial charge is 0.464 e. The number of carbonyl (C=O) groups excluding carboxylic acids is 2. The van der Waals surface area contributed by atoms with E-state index in [0.717, 1.165) is 0 Å². The van der Waals surface area contributed by atoms with Gasteiger partial charge in [0, 0.05) is 6.54 Å². The number of hydrogen-bond acceptors (Lipinski definition) is 4. The van der Waals surface area contributed by atoms with Crippen LogP contribution in [-0.4, -0.2) is 42.8 Å². The molecular formula is C16H25NO4. The van der Waals surface area contributed by atoms with E-state index in [1.807, 2.05) is 39.8 Å². The second-order valence-electron chi connectivity index (χ2n) is 5.59. The Balaban J connectivity index is 2.47. The third kappa shape index (κ3) is 6.02. The standard InChI is InChI=1S/C16H25NO4/c1-12(2)7-5-9-17-14(11-21-16(17)19)15(18)20-10-6-8-13(3)4/h7-8,14H,5-6,9-11H2,1-4H3/t14-/m0/s1. The lowest BCUT2D eigenvalue weighted by Crippen LogP contribution is -2.41. The average Bonchev–Trinajstić information content (AvgIpc) is 2.76. The Labute approximate surface area is 126 Å². The van der Waals surface area contributed by atoms with E-state index in [9.17, 15) is 9.59 Å². The highest BCUT2D eigenvalue weighted by molar-refractivity contribution is 5.84. The zero-order valence-electron chi connectivity index (χ0n) is 13.3. The van der Waals surface area contributed by atoms with E-state index in [-0.39, 0.29) is 12.6 Å². The summed E-state index contributed by atoms with van der Waals surface area (Å²) in [5, 5.41) is 0. The lowest BCUT2D eigenvalue weighted by atomic mass is 10.2. The average molecular weight is 295 g/mol. The van der Waals surface area contributed by atoms with Gasteiger partial charge in [0.2, 0.25) is 0 Å². The Morgan fingerprint density at radius 3 is 2.48 bits per heavy atom. The van der Waals surface area contributed by atoms with Gasteiger partial charge in [-0.3, -0.25) is 4.90 Å². The molecule has 0 bridgehead atoms. The second kappa shape index (κ2) is 8.49. The van der Waals surface area contributed by atoms with Crippen LogP contribution < -0.4 is 0 Å². The fourth-order valence-corrected chi connectivity index (χ4v) is 1.99. The predicted octanol–water partition coefficient (Wildman–Crippen LogP) is 3.06. The maximum Gasteiger partial charge on any atom is 0.410 e. The lowest BCUT2D eigenvalue weighted by Gasteiger charge is -2.19. The van der Waals surface area contributed by atoms with Crippen molar-refractivity contribution >= 4 is 12.1 Å². The van der Waals surface area contributed by atoms with Crippen molar-refractivity contribution in [2.75, 3.05) is 19.8 Å². The summed E-state index contributed by atoms with van der Waals surface area (Å²) in [7, 11) is 0. The SMILES string of the molecule is CC(C)=CCCOC(=O)[C@@H]1COC(=O)N1CCC=C(C)C. The number of hydrogen-bond donors (Lipinski definition) is 0. The summed E-state index contributed by atoms with van der Waals surface area (Å²) in [4.78, 5) is 25.1.